The first-order chi connectivity index (χ1) is 19.0. The molecule has 1 aromatic heterocycles. The van der Waals surface area contributed by atoms with Crippen LogP contribution in [0, 0.1) is 5.92 Å². The zero-order valence-electron chi connectivity index (χ0n) is 24.3. The van der Waals surface area contributed by atoms with Gasteiger partial charge in [-0.25, -0.2) is 14.8 Å². The minimum Gasteiger partial charge on any atom is -0.457 e. The summed E-state index contributed by atoms with van der Waals surface area (Å²) >= 11 is 0. The third kappa shape index (κ3) is 9.25. The van der Waals surface area contributed by atoms with Gasteiger partial charge in [0, 0.05) is 50.4 Å². The molecule has 3 heterocycles. The van der Waals surface area contributed by atoms with Crippen molar-refractivity contribution in [2.24, 2.45) is 5.92 Å². The number of aromatic nitrogens is 2. The molecule has 0 aliphatic carbocycles. The van der Waals surface area contributed by atoms with Crippen molar-refractivity contribution in [1.29, 1.82) is 0 Å². The SMILES string of the molecule is C/C(=C\C=C\C(C)c1ncccn1)[C@H]1OC(=O)C[C@H](O)CC[C@@](C)(O)[C@@H](OC(=O)N2CCN(C)CC2)/C=C/[C@@H]1C. The lowest BCUT2D eigenvalue weighted by Gasteiger charge is -2.36. The van der Waals surface area contributed by atoms with E-state index in [0.29, 0.717) is 18.9 Å². The monoisotopic (exact) mass is 556 g/mol. The first-order valence-corrected chi connectivity index (χ1v) is 14.0. The van der Waals surface area contributed by atoms with Crippen molar-refractivity contribution in [2.75, 3.05) is 33.2 Å². The molecule has 2 aliphatic heterocycles. The lowest BCUT2D eigenvalue weighted by Crippen LogP contribution is -2.50. The van der Waals surface area contributed by atoms with Crippen molar-refractivity contribution in [2.45, 2.75) is 76.8 Å². The molecule has 1 aromatic rings. The lowest BCUT2D eigenvalue weighted by molar-refractivity contribution is -0.151. The van der Waals surface area contributed by atoms with Crippen LogP contribution in [0.15, 0.2) is 54.4 Å². The van der Waals surface area contributed by atoms with Gasteiger partial charge in [-0.15, -0.1) is 0 Å². The van der Waals surface area contributed by atoms with Crippen LogP contribution in [0.4, 0.5) is 4.79 Å². The number of aliphatic hydroxyl groups excluding tert-OH is 1. The van der Waals surface area contributed by atoms with Crippen molar-refractivity contribution in [3.8, 4) is 0 Å². The number of piperazine rings is 1. The lowest BCUT2D eigenvalue weighted by atomic mass is 9.89. The Morgan fingerprint density at radius 1 is 1.23 bits per heavy atom. The van der Waals surface area contributed by atoms with Crippen molar-refractivity contribution < 1.29 is 29.3 Å². The number of ether oxygens (including phenoxy) is 2. The zero-order valence-corrected chi connectivity index (χ0v) is 24.3. The molecule has 1 amide bonds. The van der Waals surface area contributed by atoms with Gasteiger partial charge in [0.15, 0.2) is 6.10 Å². The van der Waals surface area contributed by atoms with Crippen molar-refractivity contribution in [1.82, 2.24) is 19.8 Å². The predicted molar refractivity (Wildman–Crippen MR) is 151 cm³/mol. The van der Waals surface area contributed by atoms with E-state index in [2.05, 4.69) is 14.9 Å². The second kappa shape index (κ2) is 14.5. The van der Waals surface area contributed by atoms with Gasteiger partial charge in [-0.1, -0.05) is 38.2 Å². The Kier molecular flexibility index (Phi) is 11.4. The molecule has 0 spiro atoms. The second-order valence-electron chi connectivity index (χ2n) is 11.2. The smallest absolute Gasteiger partial charge is 0.410 e. The molecule has 3 rings (SSSR count). The summed E-state index contributed by atoms with van der Waals surface area (Å²) in [5.41, 5.74) is -0.645. The highest BCUT2D eigenvalue weighted by atomic mass is 16.6. The third-order valence-corrected chi connectivity index (χ3v) is 7.51. The van der Waals surface area contributed by atoms with Crippen LogP contribution in [0.2, 0.25) is 0 Å². The molecule has 0 aromatic carbocycles. The molecule has 2 N–H and O–H groups in total. The summed E-state index contributed by atoms with van der Waals surface area (Å²) in [6, 6.07) is 1.77. The number of amides is 1. The Hall–Kier alpha value is -3.08. The van der Waals surface area contributed by atoms with Gasteiger partial charge in [0.1, 0.15) is 17.5 Å². The second-order valence-corrected chi connectivity index (χ2v) is 11.2. The van der Waals surface area contributed by atoms with Crippen molar-refractivity contribution >= 4 is 12.1 Å². The number of hydrogen-bond donors (Lipinski definition) is 2. The van der Waals surface area contributed by atoms with Gasteiger partial charge < -0.3 is 29.5 Å². The van der Waals surface area contributed by atoms with Crippen molar-refractivity contribution in [3.63, 3.8) is 0 Å². The maximum absolute atomic E-state index is 13.0. The third-order valence-electron chi connectivity index (χ3n) is 7.51. The van der Waals surface area contributed by atoms with Crippen molar-refractivity contribution in [3.05, 3.63) is 60.2 Å². The quantitative estimate of drug-likeness (QED) is 0.319. The molecule has 1 saturated heterocycles. The van der Waals surface area contributed by atoms with Crippen LogP contribution in [0.3, 0.4) is 0 Å². The van der Waals surface area contributed by atoms with Crippen LogP contribution in [-0.4, -0.2) is 99.2 Å². The van der Waals surface area contributed by atoms with E-state index in [1.165, 1.54) is 0 Å². The number of allylic oxidation sites excluding steroid dienone is 3. The Morgan fingerprint density at radius 3 is 2.58 bits per heavy atom. The molecule has 10 heteroatoms. The average Bonchev–Trinajstić information content (AvgIpc) is 2.92. The molecule has 40 heavy (non-hydrogen) atoms. The van der Waals surface area contributed by atoms with Crippen LogP contribution >= 0.6 is 0 Å². The van der Waals surface area contributed by atoms with E-state index in [1.807, 2.05) is 52.1 Å². The fourth-order valence-electron chi connectivity index (χ4n) is 4.72. The molecular formula is C30H44N4O6. The van der Waals surface area contributed by atoms with E-state index < -0.39 is 36.0 Å². The Balaban J connectivity index is 1.81. The van der Waals surface area contributed by atoms with E-state index in [1.54, 1.807) is 36.4 Å². The standard InChI is InChI=1S/C30H44N4O6/c1-21(8-6-9-23(3)28-31-14-7-15-32-28)27-22(2)10-11-25(39-29(37)34-18-16-33(5)17-19-34)30(4,38)13-12-24(35)20-26(36)40-27/h6-11,14-15,22-25,27,35,38H,12-13,16-20H2,1-5H3/b9-6+,11-10+,21-8+/t22-,23?,24+,25-,27+,30+/m0/s1. The highest BCUT2D eigenvalue weighted by molar-refractivity contribution is 5.70. The topological polar surface area (TPSA) is 125 Å². The first-order valence-electron chi connectivity index (χ1n) is 14.0. The van der Waals surface area contributed by atoms with E-state index in [0.717, 1.165) is 18.7 Å². The molecule has 1 fully saturated rings. The highest BCUT2D eigenvalue weighted by Crippen LogP contribution is 2.27. The minimum absolute atomic E-state index is 0.00504. The summed E-state index contributed by atoms with van der Waals surface area (Å²) in [7, 11) is 2.00. The average molecular weight is 557 g/mol. The molecule has 0 saturated carbocycles. The largest absolute Gasteiger partial charge is 0.457 e. The zero-order chi connectivity index (χ0) is 29.3. The maximum atomic E-state index is 13.0. The number of esters is 1. The molecule has 6 atom stereocenters. The fourth-order valence-corrected chi connectivity index (χ4v) is 4.72. The van der Waals surface area contributed by atoms with Crippen LogP contribution in [-0.2, 0) is 14.3 Å². The fraction of sp³-hybridized carbons (Fsp3) is 0.600. The van der Waals surface area contributed by atoms with Gasteiger partial charge in [-0.2, -0.15) is 0 Å². The molecule has 2 aliphatic rings. The Bertz CT molecular complexity index is 1070. The Labute approximate surface area is 237 Å². The normalized spacial score (nSPS) is 31.1. The number of hydrogen-bond acceptors (Lipinski definition) is 9. The van der Waals surface area contributed by atoms with E-state index >= 15 is 0 Å². The van der Waals surface area contributed by atoms with Gasteiger partial charge >= 0.3 is 12.1 Å². The summed E-state index contributed by atoms with van der Waals surface area (Å²) in [6.07, 6.45) is 9.66. The van der Waals surface area contributed by atoms with Gasteiger partial charge in [-0.3, -0.25) is 4.79 Å². The number of cyclic esters (lactones) is 1. The molecule has 10 nitrogen and oxygen atoms in total. The van der Waals surface area contributed by atoms with Gasteiger partial charge in [0.25, 0.3) is 0 Å². The van der Waals surface area contributed by atoms with Gasteiger partial charge in [0.2, 0.25) is 0 Å². The van der Waals surface area contributed by atoms with Crippen LogP contribution in [0.5, 0.6) is 0 Å². The first kappa shape index (κ1) is 31.4. The molecular weight excluding hydrogens is 512 g/mol. The van der Waals surface area contributed by atoms with Gasteiger partial charge in [0.05, 0.1) is 12.5 Å². The predicted octanol–water partition coefficient (Wildman–Crippen LogP) is 3.24. The van der Waals surface area contributed by atoms with Gasteiger partial charge in [-0.05, 0) is 51.5 Å². The number of aliphatic hydroxyl groups is 2. The maximum Gasteiger partial charge on any atom is 0.410 e. The molecule has 220 valence electrons. The Morgan fingerprint density at radius 2 is 1.90 bits per heavy atom. The number of carbonyl (C=O) groups is 2. The summed E-state index contributed by atoms with van der Waals surface area (Å²) in [6.45, 7) is 9.95. The number of rotatable bonds is 5. The molecule has 1 unspecified atom stereocenters. The summed E-state index contributed by atoms with van der Waals surface area (Å²) < 4.78 is 11.6. The highest BCUT2D eigenvalue weighted by Gasteiger charge is 2.36. The summed E-state index contributed by atoms with van der Waals surface area (Å²) in [5, 5.41) is 21.8. The van der Waals surface area contributed by atoms with E-state index in [4.69, 9.17) is 9.47 Å². The number of carbonyl (C=O) groups excluding carboxylic acids is 2. The minimum atomic E-state index is -1.44. The van der Waals surface area contributed by atoms with Crippen LogP contribution < -0.4 is 0 Å². The van der Waals surface area contributed by atoms with Crippen LogP contribution in [0.1, 0.15) is 58.7 Å². The molecule has 0 bridgehead atoms. The number of nitrogens with zero attached hydrogens (tertiary/aromatic N) is 4. The summed E-state index contributed by atoms with van der Waals surface area (Å²) in [4.78, 5) is 38.0. The van der Waals surface area contributed by atoms with E-state index in [-0.39, 0.29) is 31.1 Å². The van der Waals surface area contributed by atoms with E-state index in [9.17, 15) is 19.8 Å². The summed E-state index contributed by atoms with van der Waals surface area (Å²) in [5.74, 6) is -0.120. The van der Waals surface area contributed by atoms with Crippen LogP contribution in [0.25, 0.3) is 0 Å². The number of likely N-dealkylation sites (N-methyl/N-ethyl adjacent to an activating group) is 1. The molecule has 0 radical (unpaired) electrons.